The Morgan fingerprint density at radius 1 is 0.500 bits per heavy atom. The van der Waals surface area contributed by atoms with E-state index >= 15 is 0 Å². The minimum absolute atomic E-state index is 0.0178. The summed E-state index contributed by atoms with van der Waals surface area (Å²) in [5.41, 5.74) is 3.25. The molecule has 6 aliphatic heterocycles. The lowest BCUT2D eigenvalue weighted by Crippen LogP contribution is -2.42. The summed E-state index contributed by atoms with van der Waals surface area (Å²) in [7, 11) is -8.50. The Hall–Kier alpha value is -6.02. The number of rotatable bonds is 20. The van der Waals surface area contributed by atoms with Gasteiger partial charge in [0.15, 0.2) is 35.5 Å². The number of fused-ring (bicyclic) bond motifs is 4. The molecule has 0 radical (unpaired) electrons. The second-order valence-electron chi connectivity index (χ2n) is 32.0. The van der Waals surface area contributed by atoms with Gasteiger partial charge in [-0.2, -0.15) is 8.61 Å². The third kappa shape index (κ3) is 18.5. The zero-order valence-electron chi connectivity index (χ0n) is 61.0. The molecule has 8 fully saturated rings. The Kier molecular flexibility index (Phi) is 24.4. The quantitative estimate of drug-likeness (QED) is 0.0531. The fraction of sp³-hybridized carbons (Fsp3) is 0.650. The monoisotopic (exact) mass is 1540 g/mol. The lowest BCUT2D eigenvalue weighted by molar-refractivity contribution is -0.182. The Morgan fingerprint density at radius 3 is 1.31 bits per heavy atom. The standard InChI is InChI=1S/2C40H50F2N2O9S/c2*41-29-13-25(14-30(42)19-29)12-26(18-38(46)53-34-17-28-23-51-40-39(28)31(34)8-11-50-40)33(45)21-44-9-4-2-1-3-5-10-49-22-27-16-32-35(20-36(27)54(44,47)48)52-37(43-32)15-24-6-7-24/h2*13-14,16,19-20,24,26,28,31,33-34,39-40,45H,1-12,15,17-18,21-23H2/t26-,28+,31+,33-,34+,39-,40-;26-,28-,31-,33-,34-,39+,40+/m11/s1. The van der Waals surface area contributed by atoms with Crippen LogP contribution in [-0.2, 0) is 106 Å². The minimum atomic E-state index is -4.25. The molecule has 0 spiro atoms. The minimum Gasteiger partial charge on any atom is -0.462 e. The number of hydrogen-bond donors (Lipinski definition) is 2. The van der Waals surface area contributed by atoms with Gasteiger partial charge < -0.3 is 56.9 Å². The van der Waals surface area contributed by atoms with Crippen molar-refractivity contribution in [2.45, 2.75) is 214 Å². The fourth-order valence-electron chi connectivity index (χ4n) is 18.1. The SMILES string of the molecule is O=C(C[C@@H](Cc1cc(F)cc(F)c1)[C@H](O)CN1CCCCCCCOCc2cc3nc(CC4CC4)oc3cc2S1(=O)=O)O[C@@H]1C[C@@H]2CO[C@@H]3OCC[C@H]1[C@H]23.O=C(C[C@@H](Cc1cc(F)cc(F)c1)[C@H](O)CN1CCCCCCCOCc2cc3nc(CC4CC4)oc3cc2S1(=O)=O)O[C@H]1C[C@H]2CO[C@H]3OCC[C@@H]1[C@@H]23. The highest BCUT2D eigenvalue weighted by Crippen LogP contribution is 2.52. The van der Waals surface area contributed by atoms with Gasteiger partial charge in [0.25, 0.3) is 0 Å². The number of benzene rings is 4. The fourth-order valence-corrected chi connectivity index (χ4v) is 21.5. The molecule has 16 rings (SSSR count). The molecule has 4 saturated heterocycles. The van der Waals surface area contributed by atoms with Gasteiger partial charge >= 0.3 is 11.9 Å². The largest absolute Gasteiger partial charge is 0.462 e. The van der Waals surface area contributed by atoms with Crippen molar-refractivity contribution in [1.29, 1.82) is 0 Å². The van der Waals surface area contributed by atoms with E-state index in [2.05, 4.69) is 9.97 Å². The number of ether oxygens (including phenoxy) is 8. The summed E-state index contributed by atoms with van der Waals surface area (Å²) < 4.78 is 178. The van der Waals surface area contributed by atoms with Crippen molar-refractivity contribution in [3.63, 3.8) is 0 Å². The van der Waals surface area contributed by atoms with Crippen LogP contribution in [0.1, 0.15) is 162 Å². The van der Waals surface area contributed by atoms with Crippen LogP contribution in [0, 0.1) is 82.4 Å². The summed E-state index contributed by atoms with van der Waals surface area (Å²) in [4.78, 5) is 36.7. The van der Waals surface area contributed by atoms with Crippen LogP contribution >= 0.6 is 0 Å². The van der Waals surface area contributed by atoms with E-state index in [1.807, 2.05) is 0 Å². The van der Waals surface area contributed by atoms with Crippen LogP contribution in [0.2, 0.25) is 0 Å². The molecule has 22 nitrogen and oxygen atoms in total. The first-order valence-electron chi connectivity index (χ1n) is 39.3. The van der Waals surface area contributed by atoms with E-state index in [4.69, 9.17) is 46.7 Å². The zero-order valence-corrected chi connectivity index (χ0v) is 62.6. The molecular formula is C80H100F4N4O18S2. The molecule has 6 aromatic rings. The molecule has 4 saturated carbocycles. The van der Waals surface area contributed by atoms with Gasteiger partial charge in [-0.3, -0.25) is 9.59 Å². The molecule has 2 N–H and O–H groups in total. The van der Waals surface area contributed by atoms with E-state index in [0.29, 0.717) is 135 Å². The van der Waals surface area contributed by atoms with Crippen LogP contribution in [0.4, 0.5) is 17.6 Å². The topological polar surface area (TPSA) is 275 Å². The summed E-state index contributed by atoms with van der Waals surface area (Å²) in [6, 6.07) is 12.7. The number of esters is 2. The Balaban J connectivity index is 0.000000172. The average Bonchev–Trinajstić information content (AvgIpc) is 1.43. The van der Waals surface area contributed by atoms with Gasteiger partial charge in [-0.25, -0.2) is 44.4 Å². The number of β-amino-alcohol motifs (C(OH)–C–C–N with tert-alkyl or cyclic N) is 2. The molecule has 0 amide bonds. The van der Waals surface area contributed by atoms with E-state index in [1.165, 1.54) is 45.0 Å². The van der Waals surface area contributed by atoms with Gasteiger partial charge in [0.1, 0.15) is 46.5 Å². The zero-order chi connectivity index (χ0) is 74.8. The van der Waals surface area contributed by atoms with Crippen molar-refractivity contribution in [1.82, 2.24) is 18.6 Å². The number of hydrogen-bond acceptors (Lipinski definition) is 20. The van der Waals surface area contributed by atoms with Gasteiger partial charge in [-0.15, -0.1) is 0 Å². The van der Waals surface area contributed by atoms with Gasteiger partial charge in [0.05, 0.1) is 74.5 Å². The highest BCUT2D eigenvalue weighted by Gasteiger charge is 2.56. The van der Waals surface area contributed by atoms with Crippen molar-refractivity contribution in [2.75, 3.05) is 65.8 Å². The Labute approximate surface area is 627 Å². The van der Waals surface area contributed by atoms with Crippen molar-refractivity contribution in [3.8, 4) is 0 Å². The van der Waals surface area contributed by atoms with Crippen LogP contribution < -0.4 is 0 Å². The van der Waals surface area contributed by atoms with Gasteiger partial charge in [0, 0.05) is 123 Å². The first kappa shape index (κ1) is 77.3. The van der Waals surface area contributed by atoms with E-state index in [1.54, 1.807) is 12.1 Å². The van der Waals surface area contributed by atoms with Gasteiger partial charge in [-0.1, -0.05) is 38.5 Å². The number of carbonyl (C=O) groups is 2. The van der Waals surface area contributed by atoms with E-state index in [-0.39, 0.29) is 146 Å². The lowest BCUT2D eigenvalue weighted by atomic mass is 9.86. The molecule has 0 unspecified atom stereocenters. The summed E-state index contributed by atoms with van der Waals surface area (Å²) >= 11 is 0. The molecule has 588 valence electrons. The van der Waals surface area contributed by atoms with E-state index < -0.39 is 79.3 Å². The van der Waals surface area contributed by atoms with Gasteiger partial charge in [0.2, 0.25) is 20.0 Å². The molecule has 4 aliphatic carbocycles. The van der Waals surface area contributed by atoms with Crippen LogP contribution in [0.15, 0.2) is 79.3 Å². The number of aliphatic hydroxyl groups is 2. The summed E-state index contributed by atoms with van der Waals surface area (Å²) in [6.07, 6.45) is 12.0. The molecule has 0 bridgehead atoms. The Morgan fingerprint density at radius 2 is 0.898 bits per heavy atom. The molecule has 28 heteroatoms. The molecule has 8 heterocycles. The van der Waals surface area contributed by atoms with E-state index in [0.717, 1.165) is 102 Å². The maximum Gasteiger partial charge on any atom is 0.306 e. The number of nitrogens with zero attached hydrogens (tertiary/aromatic N) is 4. The van der Waals surface area contributed by atoms with Crippen LogP contribution in [-0.4, -0.2) is 160 Å². The maximum atomic E-state index is 14.7. The summed E-state index contributed by atoms with van der Waals surface area (Å²) in [5, 5.41) is 23.9. The van der Waals surface area contributed by atoms with Crippen molar-refractivity contribution in [2.24, 2.45) is 59.2 Å². The first-order valence-corrected chi connectivity index (χ1v) is 42.2. The molecular weight excluding hydrogens is 1450 g/mol. The second-order valence-corrected chi connectivity index (χ2v) is 35.8. The normalized spacial score (nSPS) is 28.7. The smallest absolute Gasteiger partial charge is 0.306 e. The number of sulfonamides is 2. The first-order chi connectivity index (χ1) is 52.2. The van der Waals surface area contributed by atoms with E-state index in [9.17, 15) is 54.2 Å². The molecule has 4 aromatic carbocycles. The highest BCUT2D eigenvalue weighted by atomic mass is 32.2. The molecule has 108 heavy (non-hydrogen) atoms. The van der Waals surface area contributed by atoms with Crippen molar-refractivity contribution in [3.05, 3.63) is 118 Å². The van der Waals surface area contributed by atoms with Crippen LogP contribution in [0.5, 0.6) is 0 Å². The molecule has 10 aliphatic rings. The van der Waals surface area contributed by atoms with Crippen molar-refractivity contribution < 1.29 is 101 Å². The molecule has 2 aromatic heterocycles. The number of halogens is 4. The summed E-state index contributed by atoms with van der Waals surface area (Å²) in [6.45, 7) is 2.83. The Bertz CT molecular complexity index is 4070. The van der Waals surface area contributed by atoms with Crippen molar-refractivity contribution >= 4 is 54.2 Å². The predicted octanol–water partition coefficient (Wildman–Crippen LogP) is 12.2. The van der Waals surface area contributed by atoms with Gasteiger partial charge in [-0.05, 0) is 161 Å². The highest BCUT2D eigenvalue weighted by molar-refractivity contribution is 7.89. The number of aliphatic hydroxyl groups excluding tert-OH is 2. The summed E-state index contributed by atoms with van der Waals surface area (Å²) in [5.74, 6) is -2.85. The number of carbonyl (C=O) groups excluding carboxylic acids is 2. The van der Waals surface area contributed by atoms with Crippen LogP contribution in [0.3, 0.4) is 0 Å². The predicted molar refractivity (Wildman–Crippen MR) is 383 cm³/mol. The number of aromatic nitrogens is 2. The third-order valence-electron chi connectivity index (χ3n) is 24.0. The average molecular weight is 1550 g/mol. The lowest BCUT2D eigenvalue weighted by Gasteiger charge is -2.33. The molecule has 14 atom stereocenters. The maximum absolute atomic E-state index is 14.7. The third-order valence-corrected chi connectivity index (χ3v) is 27.9. The van der Waals surface area contributed by atoms with Crippen LogP contribution in [0.25, 0.3) is 22.2 Å². The second kappa shape index (κ2) is 34.1. The number of oxazole rings is 2.